The fourth-order valence-corrected chi connectivity index (χ4v) is 3.06. The van der Waals surface area contributed by atoms with E-state index in [-0.39, 0.29) is 0 Å². The Morgan fingerprint density at radius 1 is 1.24 bits per heavy atom. The van der Waals surface area contributed by atoms with Crippen molar-refractivity contribution in [3.05, 3.63) is 0 Å². The summed E-state index contributed by atoms with van der Waals surface area (Å²) in [5, 5.41) is 21.2. The number of thioether (sulfide) groups is 2. The van der Waals surface area contributed by atoms with Crippen molar-refractivity contribution in [2.24, 2.45) is 0 Å². The molecule has 98 valence electrons. The van der Waals surface area contributed by atoms with Crippen molar-refractivity contribution >= 4 is 35.3 Å². The third-order valence-corrected chi connectivity index (χ3v) is 5.35. The summed E-state index contributed by atoms with van der Waals surface area (Å²) < 4.78 is 0. The quantitative estimate of drug-likeness (QED) is 0.592. The summed E-state index contributed by atoms with van der Waals surface area (Å²) in [5.74, 6) is -0.895. The van der Waals surface area contributed by atoms with Crippen LogP contribution in [0.2, 0.25) is 0 Å². The SMILES string of the molecule is CS[C@@]1(CO)NC(=O)[C@@](CO)(SC)N(C)C1=O. The first kappa shape index (κ1) is 14.6. The highest BCUT2D eigenvalue weighted by atomic mass is 32.2. The van der Waals surface area contributed by atoms with Gasteiger partial charge in [0.2, 0.25) is 0 Å². The molecule has 1 heterocycles. The number of rotatable bonds is 4. The largest absolute Gasteiger partial charge is 0.392 e. The van der Waals surface area contributed by atoms with Crippen LogP contribution in [0.15, 0.2) is 0 Å². The molecule has 0 radical (unpaired) electrons. The zero-order valence-corrected chi connectivity index (χ0v) is 11.5. The standard InChI is InChI=1S/C9H16N2O4S2/c1-11-7(15)8(4-12,16-2)10-6(14)9(11,5-13)17-3/h12-13H,4-5H2,1-3H3,(H,10,14)/t8-,9-/m1/s1. The molecule has 3 N–H and O–H groups in total. The molecule has 0 unspecified atom stereocenters. The predicted molar refractivity (Wildman–Crippen MR) is 67.6 cm³/mol. The number of carbonyl (C=O) groups is 2. The van der Waals surface area contributed by atoms with E-state index in [2.05, 4.69) is 5.32 Å². The molecule has 1 aliphatic heterocycles. The Hall–Kier alpha value is -0.440. The van der Waals surface area contributed by atoms with Crippen LogP contribution in [0.4, 0.5) is 0 Å². The number of hydrogen-bond acceptors (Lipinski definition) is 6. The Morgan fingerprint density at radius 3 is 2.18 bits per heavy atom. The van der Waals surface area contributed by atoms with Crippen LogP contribution in [-0.4, -0.2) is 69.4 Å². The summed E-state index contributed by atoms with van der Waals surface area (Å²) in [6.07, 6.45) is 3.28. The van der Waals surface area contributed by atoms with Crippen molar-refractivity contribution in [3.63, 3.8) is 0 Å². The van der Waals surface area contributed by atoms with Gasteiger partial charge < -0.3 is 20.4 Å². The van der Waals surface area contributed by atoms with Crippen LogP contribution in [0, 0.1) is 0 Å². The van der Waals surface area contributed by atoms with Gasteiger partial charge in [0.15, 0.2) is 9.74 Å². The monoisotopic (exact) mass is 280 g/mol. The van der Waals surface area contributed by atoms with Crippen LogP contribution in [0.5, 0.6) is 0 Å². The van der Waals surface area contributed by atoms with Crippen LogP contribution >= 0.6 is 23.5 Å². The number of hydrogen-bond donors (Lipinski definition) is 3. The van der Waals surface area contributed by atoms with Gasteiger partial charge in [-0.2, -0.15) is 0 Å². The van der Waals surface area contributed by atoms with E-state index < -0.39 is 34.8 Å². The van der Waals surface area contributed by atoms with E-state index in [1.54, 1.807) is 12.5 Å². The fraction of sp³-hybridized carbons (Fsp3) is 0.778. The third-order valence-electron chi connectivity index (χ3n) is 2.99. The Labute approximate surface area is 108 Å². The van der Waals surface area contributed by atoms with Gasteiger partial charge >= 0.3 is 0 Å². The third kappa shape index (κ3) is 1.92. The van der Waals surface area contributed by atoms with E-state index in [4.69, 9.17) is 0 Å². The molecular weight excluding hydrogens is 264 g/mol. The second-order valence-corrected chi connectivity index (χ2v) is 5.84. The van der Waals surface area contributed by atoms with Gasteiger partial charge in [0.1, 0.15) is 0 Å². The highest BCUT2D eigenvalue weighted by molar-refractivity contribution is 8.01. The number of aliphatic hydroxyl groups is 2. The van der Waals surface area contributed by atoms with Crippen LogP contribution < -0.4 is 5.32 Å². The maximum absolute atomic E-state index is 12.2. The molecule has 0 aromatic carbocycles. The Morgan fingerprint density at radius 2 is 1.82 bits per heavy atom. The van der Waals surface area contributed by atoms with E-state index in [1.165, 1.54) is 11.9 Å². The minimum absolute atomic E-state index is 0.421. The molecule has 17 heavy (non-hydrogen) atoms. The molecular formula is C9H16N2O4S2. The molecule has 6 nitrogen and oxygen atoms in total. The lowest BCUT2D eigenvalue weighted by Crippen LogP contribution is -2.74. The van der Waals surface area contributed by atoms with Crippen molar-refractivity contribution < 1.29 is 19.8 Å². The number of nitrogens with zero attached hydrogens (tertiary/aromatic N) is 1. The molecule has 0 aromatic rings. The average molecular weight is 280 g/mol. The summed E-state index contributed by atoms with van der Waals surface area (Å²) in [6, 6.07) is 0. The van der Waals surface area contributed by atoms with Crippen LogP contribution in [0.25, 0.3) is 0 Å². The molecule has 0 bridgehead atoms. The molecule has 1 rings (SSSR count). The fourth-order valence-electron chi connectivity index (χ4n) is 1.70. The molecule has 2 atom stereocenters. The zero-order valence-electron chi connectivity index (χ0n) is 9.89. The maximum atomic E-state index is 12.2. The van der Waals surface area contributed by atoms with Crippen molar-refractivity contribution in [2.75, 3.05) is 32.8 Å². The highest BCUT2D eigenvalue weighted by Crippen LogP contribution is 2.36. The van der Waals surface area contributed by atoms with Crippen LogP contribution in [-0.2, 0) is 9.59 Å². The molecule has 1 aliphatic rings. The zero-order chi connectivity index (χ0) is 13.3. The number of likely N-dealkylation sites (N-methyl/N-ethyl adjacent to an activating group) is 1. The molecule has 0 saturated carbocycles. The summed E-state index contributed by atoms with van der Waals surface area (Å²) in [6.45, 7) is -0.961. The first-order valence-corrected chi connectivity index (χ1v) is 7.32. The molecule has 0 spiro atoms. The Balaban J connectivity index is 3.19. The smallest absolute Gasteiger partial charge is 0.262 e. The minimum atomic E-state index is -1.35. The van der Waals surface area contributed by atoms with E-state index in [9.17, 15) is 19.8 Å². The van der Waals surface area contributed by atoms with Gasteiger partial charge in [0.05, 0.1) is 13.2 Å². The summed E-state index contributed by atoms with van der Waals surface area (Å²) in [4.78, 5) is 22.8. The lowest BCUT2D eigenvalue weighted by atomic mass is 10.1. The number of aliphatic hydroxyl groups excluding tert-OH is 2. The lowest BCUT2D eigenvalue weighted by Gasteiger charge is -2.48. The van der Waals surface area contributed by atoms with Crippen molar-refractivity contribution in [2.45, 2.75) is 9.74 Å². The number of carbonyl (C=O) groups excluding carboxylic acids is 2. The summed E-state index contributed by atoms with van der Waals surface area (Å²) in [7, 11) is 1.45. The predicted octanol–water partition coefficient (Wildman–Crippen LogP) is -1.32. The summed E-state index contributed by atoms with van der Waals surface area (Å²) in [5.41, 5.74) is 0. The van der Waals surface area contributed by atoms with Crippen LogP contribution in [0.3, 0.4) is 0 Å². The number of amides is 2. The Kier molecular flexibility index (Phi) is 4.34. The number of piperazine rings is 1. The van der Waals surface area contributed by atoms with Crippen molar-refractivity contribution in [3.8, 4) is 0 Å². The van der Waals surface area contributed by atoms with E-state index in [0.29, 0.717) is 0 Å². The second-order valence-electron chi connectivity index (χ2n) is 3.65. The average Bonchev–Trinajstić information content (AvgIpc) is 2.36. The van der Waals surface area contributed by atoms with E-state index in [0.717, 1.165) is 23.5 Å². The molecule has 0 aliphatic carbocycles. The van der Waals surface area contributed by atoms with E-state index >= 15 is 0 Å². The second kappa shape index (κ2) is 5.05. The Bertz CT molecular complexity index is 329. The topological polar surface area (TPSA) is 89.9 Å². The molecule has 8 heteroatoms. The normalized spacial score (nSPS) is 33.8. The molecule has 1 saturated heterocycles. The van der Waals surface area contributed by atoms with Gasteiger partial charge in [-0.05, 0) is 12.5 Å². The van der Waals surface area contributed by atoms with Gasteiger partial charge in [-0.1, -0.05) is 0 Å². The first-order valence-electron chi connectivity index (χ1n) is 4.87. The van der Waals surface area contributed by atoms with Crippen molar-refractivity contribution in [1.29, 1.82) is 0 Å². The molecule has 0 aromatic heterocycles. The summed E-state index contributed by atoms with van der Waals surface area (Å²) >= 11 is 2.15. The van der Waals surface area contributed by atoms with E-state index in [1.807, 2.05) is 0 Å². The minimum Gasteiger partial charge on any atom is -0.392 e. The maximum Gasteiger partial charge on any atom is 0.262 e. The first-order chi connectivity index (χ1) is 7.94. The molecule has 1 fully saturated rings. The number of nitrogens with one attached hydrogen (secondary N) is 1. The molecule has 2 amide bonds. The van der Waals surface area contributed by atoms with Gasteiger partial charge in [-0.25, -0.2) is 0 Å². The van der Waals surface area contributed by atoms with Crippen LogP contribution in [0.1, 0.15) is 0 Å². The lowest BCUT2D eigenvalue weighted by molar-refractivity contribution is -0.154. The van der Waals surface area contributed by atoms with Gasteiger partial charge in [-0.15, -0.1) is 23.5 Å². The van der Waals surface area contributed by atoms with Gasteiger partial charge in [0, 0.05) is 7.05 Å². The van der Waals surface area contributed by atoms with Gasteiger partial charge in [0.25, 0.3) is 11.8 Å². The highest BCUT2D eigenvalue weighted by Gasteiger charge is 2.57. The van der Waals surface area contributed by atoms with Gasteiger partial charge in [-0.3, -0.25) is 9.59 Å². The van der Waals surface area contributed by atoms with Crippen molar-refractivity contribution in [1.82, 2.24) is 10.2 Å².